The van der Waals surface area contributed by atoms with Crippen LogP contribution >= 0.6 is 0 Å². The quantitative estimate of drug-likeness (QED) is 0.895. The second kappa shape index (κ2) is 6.61. The van der Waals surface area contributed by atoms with Crippen molar-refractivity contribution < 1.29 is 14.7 Å². The van der Waals surface area contributed by atoms with E-state index in [1.807, 2.05) is 38.1 Å². The van der Waals surface area contributed by atoms with Gasteiger partial charge in [0.1, 0.15) is 0 Å². The smallest absolute Gasteiger partial charge is 0.318 e. The lowest BCUT2D eigenvalue weighted by Crippen LogP contribution is -2.44. The molecule has 1 aliphatic rings. The number of likely N-dealkylation sites (tertiary alicyclic amines) is 1. The van der Waals surface area contributed by atoms with Crippen LogP contribution in [0.4, 0.5) is 4.79 Å². The van der Waals surface area contributed by atoms with Crippen LogP contribution in [0.1, 0.15) is 43.4 Å². The Hall–Kier alpha value is -2.04. The van der Waals surface area contributed by atoms with Crippen molar-refractivity contribution in [2.45, 2.75) is 45.2 Å². The first kappa shape index (κ1) is 15.4. The number of rotatable bonds is 4. The number of nitrogens with one attached hydrogen (secondary N) is 1. The molecule has 0 aliphatic carbocycles. The first-order chi connectivity index (χ1) is 9.99. The fourth-order valence-electron chi connectivity index (χ4n) is 2.94. The van der Waals surface area contributed by atoms with Crippen molar-refractivity contribution in [3.8, 4) is 0 Å². The number of hydrogen-bond donors (Lipinski definition) is 2. The Balaban J connectivity index is 2.00. The fourth-order valence-corrected chi connectivity index (χ4v) is 2.94. The van der Waals surface area contributed by atoms with Crippen molar-refractivity contribution in [3.63, 3.8) is 0 Å². The predicted molar refractivity (Wildman–Crippen MR) is 80.1 cm³/mol. The summed E-state index contributed by atoms with van der Waals surface area (Å²) >= 11 is 0. The number of carboxylic acid groups (broad SMARTS) is 1. The van der Waals surface area contributed by atoms with Crippen LogP contribution in [0.2, 0.25) is 0 Å². The van der Waals surface area contributed by atoms with Crippen molar-refractivity contribution >= 4 is 12.0 Å². The second-order valence-electron chi connectivity index (χ2n) is 5.62. The maximum atomic E-state index is 12.4. The summed E-state index contributed by atoms with van der Waals surface area (Å²) in [5.74, 6) is -0.855. The summed E-state index contributed by atoms with van der Waals surface area (Å²) in [4.78, 5) is 24.9. The molecule has 1 aromatic rings. The zero-order chi connectivity index (χ0) is 15.4. The van der Waals surface area contributed by atoms with Gasteiger partial charge in [0, 0.05) is 12.6 Å². The predicted octanol–water partition coefficient (Wildman–Crippen LogP) is 2.70. The SMILES string of the molecule is Cc1ccccc1C(C)NC(=O)N1CCCC1CC(=O)O. The van der Waals surface area contributed by atoms with Crippen molar-refractivity contribution in [3.05, 3.63) is 35.4 Å². The average molecular weight is 290 g/mol. The number of amides is 2. The van der Waals surface area contributed by atoms with E-state index in [0.29, 0.717) is 6.54 Å². The summed E-state index contributed by atoms with van der Waals surface area (Å²) in [5.41, 5.74) is 2.22. The lowest BCUT2D eigenvalue weighted by Gasteiger charge is -2.26. The molecule has 1 fully saturated rings. The first-order valence-corrected chi connectivity index (χ1v) is 7.33. The van der Waals surface area contributed by atoms with E-state index in [0.717, 1.165) is 24.0 Å². The summed E-state index contributed by atoms with van der Waals surface area (Å²) in [6.07, 6.45) is 1.65. The van der Waals surface area contributed by atoms with E-state index in [1.54, 1.807) is 4.90 Å². The van der Waals surface area contributed by atoms with E-state index in [4.69, 9.17) is 5.11 Å². The molecule has 1 aromatic carbocycles. The lowest BCUT2D eigenvalue weighted by molar-refractivity contribution is -0.137. The third kappa shape index (κ3) is 3.74. The standard InChI is InChI=1S/C16H22N2O3/c1-11-6-3-4-8-14(11)12(2)17-16(21)18-9-5-7-13(18)10-15(19)20/h3-4,6,8,12-13H,5,7,9-10H2,1-2H3,(H,17,21)(H,19,20). The summed E-state index contributed by atoms with van der Waals surface area (Å²) in [6.45, 7) is 4.59. The Morgan fingerprint density at radius 3 is 2.81 bits per heavy atom. The van der Waals surface area contributed by atoms with Gasteiger partial charge in [0.05, 0.1) is 12.5 Å². The van der Waals surface area contributed by atoms with Gasteiger partial charge in [-0.25, -0.2) is 4.79 Å². The van der Waals surface area contributed by atoms with Gasteiger partial charge < -0.3 is 15.3 Å². The van der Waals surface area contributed by atoms with Crippen LogP contribution in [-0.4, -0.2) is 34.6 Å². The van der Waals surface area contributed by atoms with E-state index >= 15 is 0 Å². The summed E-state index contributed by atoms with van der Waals surface area (Å²) in [7, 11) is 0. The highest BCUT2D eigenvalue weighted by Crippen LogP contribution is 2.22. The number of carbonyl (C=O) groups is 2. The number of carbonyl (C=O) groups excluding carboxylic acids is 1. The number of aliphatic carboxylic acids is 1. The van der Waals surface area contributed by atoms with Crippen LogP contribution in [0.25, 0.3) is 0 Å². The van der Waals surface area contributed by atoms with Gasteiger partial charge in [0.15, 0.2) is 0 Å². The maximum absolute atomic E-state index is 12.4. The minimum atomic E-state index is -0.855. The number of hydrogen-bond acceptors (Lipinski definition) is 2. The first-order valence-electron chi connectivity index (χ1n) is 7.33. The van der Waals surface area contributed by atoms with Crippen LogP contribution in [-0.2, 0) is 4.79 Å². The molecule has 2 atom stereocenters. The second-order valence-corrected chi connectivity index (χ2v) is 5.62. The molecule has 114 valence electrons. The molecular weight excluding hydrogens is 268 g/mol. The molecule has 2 rings (SSSR count). The molecule has 0 spiro atoms. The van der Waals surface area contributed by atoms with E-state index in [9.17, 15) is 9.59 Å². The van der Waals surface area contributed by atoms with E-state index in [1.165, 1.54) is 0 Å². The van der Waals surface area contributed by atoms with E-state index in [-0.39, 0.29) is 24.5 Å². The Morgan fingerprint density at radius 1 is 1.43 bits per heavy atom. The van der Waals surface area contributed by atoms with Crippen LogP contribution < -0.4 is 5.32 Å². The highest BCUT2D eigenvalue weighted by Gasteiger charge is 2.31. The van der Waals surface area contributed by atoms with Gasteiger partial charge in [-0.15, -0.1) is 0 Å². The van der Waals surface area contributed by atoms with Crippen molar-refractivity contribution in [2.24, 2.45) is 0 Å². The molecule has 0 aromatic heterocycles. The molecule has 5 nitrogen and oxygen atoms in total. The molecule has 5 heteroatoms. The molecule has 21 heavy (non-hydrogen) atoms. The van der Waals surface area contributed by atoms with Gasteiger partial charge in [0.25, 0.3) is 0 Å². The minimum absolute atomic E-state index is 0.0200. The molecule has 1 aliphatic heterocycles. The molecule has 2 amide bonds. The Bertz CT molecular complexity index is 530. The normalized spacial score (nSPS) is 19.3. The van der Waals surface area contributed by atoms with Crippen molar-refractivity contribution in [1.82, 2.24) is 10.2 Å². The molecule has 2 unspecified atom stereocenters. The molecule has 0 bridgehead atoms. The minimum Gasteiger partial charge on any atom is -0.481 e. The summed E-state index contributed by atoms with van der Waals surface area (Å²) in [5, 5.41) is 11.9. The monoisotopic (exact) mass is 290 g/mol. The Kier molecular flexibility index (Phi) is 4.83. The van der Waals surface area contributed by atoms with Crippen LogP contribution in [0.15, 0.2) is 24.3 Å². The molecule has 1 heterocycles. The average Bonchev–Trinajstić information content (AvgIpc) is 2.86. The molecule has 2 N–H and O–H groups in total. The highest BCUT2D eigenvalue weighted by molar-refractivity contribution is 5.76. The van der Waals surface area contributed by atoms with Crippen molar-refractivity contribution in [1.29, 1.82) is 0 Å². The van der Waals surface area contributed by atoms with Gasteiger partial charge >= 0.3 is 12.0 Å². The third-order valence-corrected chi connectivity index (χ3v) is 4.04. The number of benzene rings is 1. The molecule has 1 saturated heterocycles. The van der Waals surface area contributed by atoms with Gasteiger partial charge in [-0.3, -0.25) is 4.79 Å². The molecular formula is C16H22N2O3. The van der Waals surface area contributed by atoms with Crippen LogP contribution in [0, 0.1) is 6.92 Å². The van der Waals surface area contributed by atoms with Gasteiger partial charge in [-0.2, -0.15) is 0 Å². The summed E-state index contributed by atoms with van der Waals surface area (Å²) < 4.78 is 0. The lowest BCUT2D eigenvalue weighted by atomic mass is 10.0. The maximum Gasteiger partial charge on any atom is 0.318 e. The van der Waals surface area contributed by atoms with Gasteiger partial charge in [-0.05, 0) is 37.8 Å². The van der Waals surface area contributed by atoms with Gasteiger partial charge in [0.2, 0.25) is 0 Å². The largest absolute Gasteiger partial charge is 0.481 e. The van der Waals surface area contributed by atoms with E-state index in [2.05, 4.69) is 5.32 Å². The fraction of sp³-hybridized carbons (Fsp3) is 0.500. The van der Waals surface area contributed by atoms with Crippen molar-refractivity contribution in [2.75, 3.05) is 6.54 Å². The molecule has 0 radical (unpaired) electrons. The molecule has 0 saturated carbocycles. The number of nitrogens with zero attached hydrogens (tertiary/aromatic N) is 1. The van der Waals surface area contributed by atoms with E-state index < -0.39 is 5.97 Å². The zero-order valence-electron chi connectivity index (χ0n) is 12.5. The Morgan fingerprint density at radius 2 is 2.14 bits per heavy atom. The number of aryl methyl sites for hydroxylation is 1. The van der Waals surface area contributed by atoms with Crippen LogP contribution in [0.5, 0.6) is 0 Å². The highest BCUT2D eigenvalue weighted by atomic mass is 16.4. The summed E-state index contributed by atoms with van der Waals surface area (Å²) in [6, 6.07) is 7.48. The topological polar surface area (TPSA) is 69.6 Å². The third-order valence-electron chi connectivity index (χ3n) is 4.04. The number of urea groups is 1. The number of carboxylic acids is 1. The zero-order valence-corrected chi connectivity index (χ0v) is 12.5. The van der Waals surface area contributed by atoms with Gasteiger partial charge in [-0.1, -0.05) is 24.3 Å². The Labute approximate surface area is 125 Å². The van der Waals surface area contributed by atoms with Crippen LogP contribution in [0.3, 0.4) is 0 Å².